The van der Waals surface area contributed by atoms with E-state index >= 15 is 0 Å². The van der Waals surface area contributed by atoms with Crippen molar-refractivity contribution in [1.29, 1.82) is 0 Å². The smallest absolute Gasteiger partial charge is 0.221 e. The average molecular weight is 235 g/mol. The predicted octanol–water partition coefficient (Wildman–Crippen LogP) is 0.898. The van der Waals surface area contributed by atoms with Crippen molar-refractivity contribution in [2.45, 2.75) is 26.3 Å². The van der Waals surface area contributed by atoms with Gasteiger partial charge in [0, 0.05) is 30.9 Å². The summed E-state index contributed by atoms with van der Waals surface area (Å²) in [5.74, 6) is 1.34. The van der Waals surface area contributed by atoms with Crippen LogP contribution in [-0.2, 0) is 0 Å². The fraction of sp³-hybridized carbons (Fsp3) is 0.667. The van der Waals surface area contributed by atoms with Crippen molar-refractivity contribution >= 4 is 11.8 Å². The Balaban J connectivity index is 2.28. The first-order valence-electron chi connectivity index (χ1n) is 6.12. The Hall–Kier alpha value is -1.36. The highest BCUT2D eigenvalue weighted by molar-refractivity contribution is 5.49. The molecule has 0 radical (unpaired) electrons. The highest BCUT2D eigenvalue weighted by Gasteiger charge is 2.22. The second-order valence-corrected chi connectivity index (χ2v) is 4.89. The van der Waals surface area contributed by atoms with Gasteiger partial charge in [0.05, 0.1) is 0 Å². The number of nitrogens with zero attached hydrogens (tertiary/aromatic N) is 4. The maximum Gasteiger partial charge on any atom is 0.221 e. The van der Waals surface area contributed by atoms with Crippen LogP contribution in [0.15, 0.2) is 6.20 Å². The van der Waals surface area contributed by atoms with Crippen molar-refractivity contribution in [3.05, 3.63) is 11.8 Å². The Morgan fingerprint density at radius 2 is 2.18 bits per heavy atom. The zero-order valence-corrected chi connectivity index (χ0v) is 10.8. The van der Waals surface area contributed by atoms with Crippen molar-refractivity contribution in [1.82, 2.24) is 14.9 Å². The molecule has 0 aliphatic carbocycles. The summed E-state index contributed by atoms with van der Waals surface area (Å²) >= 11 is 0. The molecule has 1 fully saturated rings. The van der Waals surface area contributed by atoms with Gasteiger partial charge in [0.1, 0.15) is 5.82 Å². The molecular weight excluding hydrogens is 214 g/mol. The molecular formula is C12H21N5. The molecule has 1 aromatic rings. The summed E-state index contributed by atoms with van der Waals surface area (Å²) in [6, 6.07) is 0.454. The summed E-state index contributed by atoms with van der Waals surface area (Å²) in [6.45, 7) is 7.50. The summed E-state index contributed by atoms with van der Waals surface area (Å²) < 4.78 is 0. The largest absolute Gasteiger partial charge is 0.368 e. The molecule has 5 heteroatoms. The molecule has 0 bridgehead atoms. The monoisotopic (exact) mass is 235 g/mol. The normalized spacial score (nSPS) is 22.5. The third kappa shape index (κ3) is 2.66. The first-order chi connectivity index (χ1) is 8.08. The number of aryl methyl sites for hydroxylation is 1. The van der Waals surface area contributed by atoms with Crippen LogP contribution in [0.1, 0.15) is 18.9 Å². The SMILES string of the molecule is Cc1cnc(N)nc1N1CCCN(C)CC1C. The van der Waals surface area contributed by atoms with Crippen molar-refractivity contribution in [2.75, 3.05) is 37.3 Å². The molecule has 2 N–H and O–H groups in total. The summed E-state index contributed by atoms with van der Waals surface area (Å²) in [7, 11) is 2.17. The number of hydrogen-bond acceptors (Lipinski definition) is 5. The van der Waals surface area contributed by atoms with E-state index in [1.807, 2.05) is 6.92 Å². The first kappa shape index (κ1) is 12.1. The van der Waals surface area contributed by atoms with E-state index in [0.717, 1.165) is 37.4 Å². The summed E-state index contributed by atoms with van der Waals surface area (Å²) in [5, 5.41) is 0. The van der Waals surface area contributed by atoms with Crippen molar-refractivity contribution in [3.63, 3.8) is 0 Å². The van der Waals surface area contributed by atoms with Crippen LogP contribution in [-0.4, -0.2) is 47.6 Å². The highest BCUT2D eigenvalue weighted by Crippen LogP contribution is 2.21. The van der Waals surface area contributed by atoms with Crippen LogP contribution in [0.4, 0.5) is 11.8 Å². The summed E-state index contributed by atoms with van der Waals surface area (Å²) in [4.78, 5) is 13.1. The van der Waals surface area contributed by atoms with Gasteiger partial charge in [-0.3, -0.25) is 0 Å². The van der Waals surface area contributed by atoms with Crippen LogP contribution in [0.5, 0.6) is 0 Å². The van der Waals surface area contributed by atoms with Crippen molar-refractivity contribution < 1.29 is 0 Å². The average Bonchev–Trinajstić information content (AvgIpc) is 2.43. The number of likely N-dealkylation sites (N-methyl/N-ethyl adjacent to an activating group) is 1. The zero-order chi connectivity index (χ0) is 12.4. The third-order valence-electron chi connectivity index (χ3n) is 3.28. The second kappa shape index (κ2) is 4.87. The van der Waals surface area contributed by atoms with Gasteiger partial charge >= 0.3 is 0 Å². The van der Waals surface area contributed by atoms with Crippen LogP contribution in [0.3, 0.4) is 0 Å². The molecule has 2 heterocycles. The van der Waals surface area contributed by atoms with Gasteiger partial charge in [0.15, 0.2) is 0 Å². The predicted molar refractivity (Wildman–Crippen MR) is 70.1 cm³/mol. The van der Waals surface area contributed by atoms with Crippen LogP contribution in [0.2, 0.25) is 0 Å². The van der Waals surface area contributed by atoms with Gasteiger partial charge < -0.3 is 15.5 Å². The van der Waals surface area contributed by atoms with Gasteiger partial charge in [-0.15, -0.1) is 0 Å². The van der Waals surface area contributed by atoms with E-state index in [1.54, 1.807) is 6.20 Å². The van der Waals surface area contributed by atoms with Crippen LogP contribution in [0, 0.1) is 6.92 Å². The van der Waals surface area contributed by atoms with Crippen LogP contribution < -0.4 is 10.6 Å². The summed E-state index contributed by atoms with van der Waals surface area (Å²) in [6.07, 6.45) is 2.96. The Morgan fingerprint density at radius 1 is 1.41 bits per heavy atom. The molecule has 2 rings (SSSR count). The molecule has 0 amide bonds. The fourth-order valence-electron chi connectivity index (χ4n) is 2.42. The molecule has 0 spiro atoms. The molecule has 17 heavy (non-hydrogen) atoms. The van der Waals surface area contributed by atoms with E-state index in [-0.39, 0.29) is 0 Å². The van der Waals surface area contributed by atoms with Gasteiger partial charge in [-0.1, -0.05) is 0 Å². The highest BCUT2D eigenvalue weighted by atomic mass is 15.3. The fourth-order valence-corrected chi connectivity index (χ4v) is 2.42. The number of aromatic nitrogens is 2. The molecule has 94 valence electrons. The zero-order valence-electron chi connectivity index (χ0n) is 10.8. The number of rotatable bonds is 1. The Morgan fingerprint density at radius 3 is 2.94 bits per heavy atom. The van der Waals surface area contributed by atoms with Crippen LogP contribution >= 0.6 is 0 Å². The van der Waals surface area contributed by atoms with Crippen molar-refractivity contribution in [2.24, 2.45) is 0 Å². The van der Waals surface area contributed by atoms with E-state index in [9.17, 15) is 0 Å². The van der Waals surface area contributed by atoms with Crippen LogP contribution in [0.25, 0.3) is 0 Å². The molecule has 0 saturated carbocycles. The minimum absolute atomic E-state index is 0.357. The van der Waals surface area contributed by atoms with E-state index in [4.69, 9.17) is 5.73 Å². The topological polar surface area (TPSA) is 58.3 Å². The number of nitrogen functional groups attached to an aromatic ring is 1. The lowest BCUT2D eigenvalue weighted by Crippen LogP contribution is -2.39. The minimum atomic E-state index is 0.357. The molecule has 1 saturated heterocycles. The van der Waals surface area contributed by atoms with E-state index in [1.165, 1.54) is 0 Å². The van der Waals surface area contributed by atoms with Gasteiger partial charge in [0.2, 0.25) is 5.95 Å². The maximum atomic E-state index is 5.69. The molecule has 0 aromatic carbocycles. The summed E-state index contributed by atoms with van der Waals surface area (Å²) in [5.41, 5.74) is 6.78. The molecule has 1 atom stereocenters. The lowest BCUT2D eigenvalue weighted by atomic mass is 10.2. The lowest BCUT2D eigenvalue weighted by molar-refractivity contribution is 0.337. The Labute approximate surface area is 103 Å². The number of anilines is 2. The molecule has 1 aromatic heterocycles. The third-order valence-corrected chi connectivity index (χ3v) is 3.28. The van der Waals surface area contributed by atoms with E-state index in [0.29, 0.717) is 12.0 Å². The van der Waals surface area contributed by atoms with Gasteiger partial charge in [-0.25, -0.2) is 4.98 Å². The number of nitrogens with two attached hydrogens (primary N) is 1. The van der Waals surface area contributed by atoms with Gasteiger partial charge in [0.25, 0.3) is 0 Å². The Bertz CT molecular complexity index is 392. The minimum Gasteiger partial charge on any atom is -0.368 e. The first-order valence-corrected chi connectivity index (χ1v) is 6.12. The molecule has 1 unspecified atom stereocenters. The maximum absolute atomic E-state index is 5.69. The quantitative estimate of drug-likeness (QED) is 0.783. The van der Waals surface area contributed by atoms with E-state index < -0.39 is 0 Å². The molecule has 5 nitrogen and oxygen atoms in total. The second-order valence-electron chi connectivity index (χ2n) is 4.89. The van der Waals surface area contributed by atoms with E-state index in [2.05, 4.69) is 33.7 Å². The Kier molecular flexibility index (Phi) is 3.47. The molecule has 1 aliphatic rings. The standard InChI is InChI=1S/C12H21N5/c1-9-7-14-12(13)15-11(9)17-6-4-5-16(3)8-10(17)2/h7,10H,4-6,8H2,1-3H3,(H2,13,14,15). The van der Waals surface area contributed by atoms with Crippen molar-refractivity contribution in [3.8, 4) is 0 Å². The lowest BCUT2D eigenvalue weighted by Gasteiger charge is -2.30. The van der Waals surface area contributed by atoms with Gasteiger partial charge in [-0.2, -0.15) is 4.98 Å². The van der Waals surface area contributed by atoms with Gasteiger partial charge in [-0.05, 0) is 33.9 Å². The number of hydrogen-bond donors (Lipinski definition) is 1. The molecule has 1 aliphatic heterocycles.